The largest absolute Gasteiger partial charge is 0.870 e. The zero-order valence-electron chi connectivity index (χ0n) is 8.60. The second-order valence-corrected chi connectivity index (χ2v) is 4.03. The number of carbonyl (C=O) groups is 1. The smallest absolute Gasteiger partial charge is 0.315 e. The van der Waals surface area contributed by atoms with E-state index in [1.165, 1.54) is 5.70 Å². The van der Waals surface area contributed by atoms with Crippen molar-refractivity contribution < 1.29 is 14.8 Å². The van der Waals surface area contributed by atoms with Crippen LogP contribution in [-0.2, 0) is 4.79 Å². The SMILES string of the molecule is CC(=O)[N+]1(C)CCC2CN=CC=C21.[OH-]. The number of quaternary nitrogens is 1. The number of aliphatic imine (C=N–C) groups is 1. The van der Waals surface area contributed by atoms with Gasteiger partial charge in [-0.1, -0.05) is 0 Å². The van der Waals surface area contributed by atoms with Gasteiger partial charge in [0.05, 0.1) is 33.0 Å². The van der Waals surface area contributed by atoms with Crippen molar-refractivity contribution in [1.82, 2.24) is 0 Å². The van der Waals surface area contributed by atoms with Crippen LogP contribution in [0.4, 0.5) is 0 Å². The van der Waals surface area contributed by atoms with E-state index in [4.69, 9.17) is 0 Å². The third-order valence-corrected chi connectivity index (χ3v) is 3.28. The molecule has 0 aromatic rings. The Labute approximate surface area is 83.8 Å². The highest BCUT2D eigenvalue weighted by molar-refractivity contribution is 5.75. The van der Waals surface area contributed by atoms with E-state index in [2.05, 4.69) is 4.99 Å². The maximum atomic E-state index is 11.5. The van der Waals surface area contributed by atoms with Crippen molar-refractivity contribution in [3.05, 3.63) is 11.8 Å². The number of carbonyl (C=O) groups excluding carboxylic acids is 1. The summed E-state index contributed by atoms with van der Waals surface area (Å²) in [6, 6.07) is 0. The van der Waals surface area contributed by atoms with Crippen LogP contribution in [0.2, 0.25) is 0 Å². The molecule has 1 amide bonds. The summed E-state index contributed by atoms with van der Waals surface area (Å²) >= 11 is 0. The Bertz CT molecular complexity index is 309. The van der Waals surface area contributed by atoms with Crippen molar-refractivity contribution in [2.75, 3.05) is 20.1 Å². The number of rotatable bonds is 0. The molecule has 1 N–H and O–H groups in total. The molecule has 1 saturated heterocycles. The van der Waals surface area contributed by atoms with Gasteiger partial charge in [0.25, 0.3) is 0 Å². The van der Waals surface area contributed by atoms with E-state index >= 15 is 0 Å². The molecule has 1 fully saturated rings. The molecule has 2 rings (SSSR count). The minimum absolute atomic E-state index is 0. The lowest BCUT2D eigenvalue weighted by Gasteiger charge is -2.27. The van der Waals surface area contributed by atoms with Crippen LogP contribution in [0.25, 0.3) is 0 Å². The van der Waals surface area contributed by atoms with Gasteiger partial charge in [-0.05, 0) is 0 Å². The highest BCUT2D eigenvalue weighted by atomic mass is 16.2. The van der Waals surface area contributed by atoms with E-state index in [9.17, 15) is 4.79 Å². The van der Waals surface area contributed by atoms with Gasteiger partial charge in [0.2, 0.25) is 0 Å². The maximum absolute atomic E-state index is 11.5. The number of amides is 1. The zero-order valence-corrected chi connectivity index (χ0v) is 8.60. The highest BCUT2D eigenvalue weighted by Crippen LogP contribution is 2.35. The second kappa shape index (κ2) is 3.63. The number of hydrogen-bond acceptors (Lipinski definition) is 3. The first kappa shape index (κ1) is 11.1. The Balaban J connectivity index is 0.000000980. The van der Waals surface area contributed by atoms with Crippen LogP contribution >= 0.6 is 0 Å². The van der Waals surface area contributed by atoms with Gasteiger partial charge in [0.15, 0.2) is 0 Å². The van der Waals surface area contributed by atoms with Gasteiger partial charge in [-0.15, -0.1) is 0 Å². The predicted molar refractivity (Wildman–Crippen MR) is 53.2 cm³/mol. The van der Waals surface area contributed by atoms with Crippen molar-refractivity contribution >= 4 is 12.1 Å². The molecule has 2 unspecified atom stereocenters. The first-order valence-electron chi connectivity index (χ1n) is 4.72. The molecule has 0 radical (unpaired) electrons. The molecule has 2 heterocycles. The van der Waals surface area contributed by atoms with E-state index in [1.807, 2.05) is 19.3 Å². The molecule has 2 aliphatic rings. The lowest BCUT2D eigenvalue weighted by Crippen LogP contribution is -2.44. The fourth-order valence-electron chi connectivity index (χ4n) is 2.24. The molecule has 78 valence electrons. The van der Waals surface area contributed by atoms with Crippen molar-refractivity contribution in [1.29, 1.82) is 0 Å². The van der Waals surface area contributed by atoms with E-state index in [-0.39, 0.29) is 11.4 Å². The molecule has 0 spiro atoms. The summed E-state index contributed by atoms with van der Waals surface area (Å²) in [6.45, 7) is 3.48. The second-order valence-electron chi connectivity index (χ2n) is 4.03. The quantitative estimate of drug-likeness (QED) is 0.538. The Hall–Kier alpha value is -1.00. The summed E-state index contributed by atoms with van der Waals surface area (Å²) in [6.07, 6.45) is 4.94. The Morgan fingerprint density at radius 3 is 3.00 bits per heavy atom. The molecular formula is C10H16N2O2. The lowest BCUT2D eigenvalue weighted by atomic mass is 10.0. The van der Waals surface area contributed by atoms with Crippen LogP contribution < -0.4 is 0 Å². The Morgan fingerprint density at radius 2 is 2.36 bits per heavy atom. The van der Waals surface area contributed by atoms with E-state index in [0.29, 0.717) is 10.4 Å². The van der Waals surface area contributed by atoms with Crippen molar-refractivity contribution in [2.24, 2.45) is 10.9 Å². The van der Waals surface area contributed by atoms with Crippen molar-refractivity contribution in [3.63, 3.8) is 0 Å². The summed E-state index contributed by atoms with van der Waals surface area (Å²) in [5, 5.41) is 0. The molecule has 4 heteroatoms. The van der Waals surface area contributed by atoms with Crippen molar-refractivity contribution in [3.8, 4) is 0 Å². The predicted octanol–water partition coefficient (Wildman–Crippen LogP) is 0.791. The minimum atomic E-state index is 0. The molecule has 2 atom stereocenters. The first-order chi connectivity index (χ1) is 6.14. The summed E-state index contributed by atoms with van der Waals surface area (Å²) in [4.78, 5) is 15.7. The molecule has 0 saturated carbocycles. The summed E-state index contributed by atoms with van der Waals surface area (Å²) in [5.74, 6) is 0.753. The van der Waals surface area contributed by atoms with E-state index in [0.717, 1.165) is 19.5 Å². The molecule has 0 aromatic heterocycles. The number of nitrogens with zero attached hydrogens (tertiary/aromatic N) is 2. The fraction of sp³-hybridized carbons (Fsp3) is 0.600. The van der Waals surface area contributed by atoms with Gasteiger partial charge in [-0.2, -0.15) is 0 Å². The maximum Gasteiger partial charge on any atom is 0.315 e. The van der Waals surface area contributed by atoms with Crippen molar-refractivity contribution in [2.45, 2.75) is 13.3 Å². The Morgan fingerprint density at radius 1 is 1.64 bits per heavy atom. The molecule has 0 aliphatic carbocycles. The zero-order chi connectivity index (χ0) is 9.47. The molecule has 2 aliphatic heterocycles. The van der Waals surface area contributed by atoms with Gasteiger partial charge in [-0.25, -0.2) is 9.28 Å². The first-order valence-corrected chi connectivity index (χ1v) is 4.72. The van der Waals surface area contributed by atoms with Crippen LogP contribution in [0.15, 0.2) is 16.8 Å². The van der Waals surface area contributed by atoms with Gasteiger partial charge in [0, 0.05) is 18.7 Å². The summed E-state index contributed by atoms with van der Waals surface area (Å²) in [7, 11) is 2.01. The number of likely N-dealkylation sites (tertiary alicyclic amines) is 1. The highest BCUT2D eigenvalue weighted by Gasteiger charge is 2.44. The minimum Gasteiger partial charge on any atom is -0.870 e. The molecule has 0 bridgehead atoms. The molecular weight excluding hydrogens is 180 g/mol. The van der Waals surface area contributed by atoms with Crippen LogP contribution in [-0.4, -0.2) is 42.2 Å². The average molecular weight is 196 g/mol. The van der Waals surface area contributed by atoms with Gasteiger partial charge >= 0.3 is 5.91 Å². The normalized spacial score (nSPS) is 34.4. The topological polar surface area (TPSA) is 59.4 Å². The van der Waals surface area contributed by atoms with Crippen LogP contribution in [0.3, 0.4) is 0 Å². The van der Waals surface area contributed by atoms with Crippen LogP contribution in [0.1, 0.15) is 13.3 Å². The van der Waals surface area contributed by atoms with Gasteiger partial charge in [0.1, 0.15) is 5.70 Å². The standard InChI is InChI=1S/C10H15N2O.H2O/c1-8(13)12(2)6-4-9-7-11-5-3-10(9)12;/h3,5,9H,4,6-7H2,1-2H3;1H2/q+1;/p-1. The Kier molecular flexibility index (Phi) is 2.87. The summed E-state index contributed by atoms with van der Waals surface area (Å²) < 4.78 is 0.497. The van der Waals surface area contributed by atoms with E-state index in [1.54, 1.807) is 6.92 Å². The molecule has 14 heavy (non-hydrogen) atoms. The van der Waals surface area contributed by atoms with E-state index < -0.39 is 0 Å². The van der Waals surface area contributed by atoms with Gasteiger partial charge < -0.3 is 5.48 Å². The third kappa shape index (κ3) is 1.40. The fourth-order valence-corrected chi connectivity index (χ4v) is 2.24. The number of allylic oxidation sites excluding steroid dienone is 1. The van der Waals surface area contributed by atoms with Crippen LogP contribution in [0.5, 0.6) is 0 Å². The summed E-state index contributed by atoms with van der Waals surface area (Å²) in [5.41, 5.74) is 1.25. The average Bonchev–Trinajstić information content (AvgIpc) is 2.47. The number of hydrogen-bond donors (Lipinski definition) is 0. The lowest BCUT2D eigenvalue weighted by molar-refractivity contribution is -0.785. The van der Waals surface area contributed by atoms with Gasteiger partial charge in [-0.3, -0.25) is 4.99 Å². The molecule has 4 nitrogen and oxygen atoms in total. The van der Waals surface area contributed by atoms with Crippen LogP contribution in [0, 0.1) is 5.92 Å². The monoisotopic (exact) mass is 196 g/mol. The number of fused-ring (bicyclic) bond motifs is 1. The molecule has 0 aromatic carbocycles. The number of dihydropyridines is 1. The third-order valence-electron chi connectivity index (χ3n) is 3.28.